The second kappa shape index (κ2) is 5.66. The quantitative estimate of drug-likeness (QED) is 0.764. The minimum Gasteiger partial charge on any atom is -0.291 e. The Morgan fingerprint density at radius 3 is 2.38 bits per heavy atom. The topological polar surface area (TPSA) is 41.1 Å². The average Bonchev–Trinajstić information content (AvgIpc) is 2.16. The molecule has 0 fully saturated rings. The van der Waals surface area contributed by atoms with Gasteiger partial charge in [-0.25, -0.2) is 5.43 Å². The van der Waals surface area contributed by atoms with Crippen LogP contribution in [-0.4, -0.2) is 5.91 Å². The molecule has 0 atom stereocenters. The van der Waals surface area contributed by atoms with E-state index >= 15 is 0 Å². The lowest BCUT2D eigenvalue weighted by Crippen LogP contribution is -2.38. The summed E-state index contributed by atoms with van der Waals surface area (Å²) in [6, 6.07) is 9.97. The zero-order valence-electron chi connectivity index (χ0n) is 10.2. The molecule has 1 aromatic rings. The smallest absolute Gasteiger partial charge is 0.234 e. The van der Waals surface area contributed by atoms with Gasteiger partial charge in [0, 0.05) is 13.0 Å². The van der Waals surface area contributed by atoms with Crippen LogP contribution in [0.4, 0.5) is 0 Å². The van der Waals surface area contributed by atoms with Crippen LogP contribution in [0.5, 0.6) is 0 Å². The van der Waals surface area contributed by atoms with Gasteiger partial charge in [0.25, 0.3) is 0 Å². The van der Waals surface area contributed by atoms with Crippen LogP contribution in [0.2, 0.25) is 0 Å². The molecular formula is C13H20N2O. The van der Waals surface area contributed by atoms with Gasteiger partial charge in [-0.3, -0.25) is 10.2 Å². The molecule has 0 saturated carbocycles. The Bertz CT molecular complexity index is 328. The molecule has 0 saturated heterocycles. The summed E-state index contributed by atoms with van der Waals surface area (Å²) in [5, 5.41) is 0. The summed E-state index contributed by atoms with van der Waals surface area (Å²) < 4.78 is 0. The number of amides is 1. The third kappa shape index (κ3) is 5.51. The van der Waals surface area contributed by atoms with Crippen LogP contribution in [0, 0.1) is 5.41 Å². The molecule has 3 nitrogen and oxygen atoms in total. The van der Waals surface area contributed by atoms with Gasteiger partial charge in [-0.05, 0) is 11.0 Å². The van der Waals surface area contributed by atoms with E-state index in [-0.39, 0.29) is 11.3 Å². The molecule has 0 heterocycles. The molecule has 0 radical (unpaired) electrons. The molecule has 0 spiro atoms. The van der Waals surface area contributed by atoms with E-state index in [0.717, 1.165) is 5.56 Å². The number of carbonyl (C=O) groups excluding carboxylic acids is 1. The number of carbonyl (C=O) groups is 1. The largest absolute Gasteiger partial charge is 0.291 e. The van der Waals surface area contributed by atoms with Crippen molar-refractivity contribution in [1.29, 1.82) is 0 Å². The van der Waals surface area contributed by atoms with Crippen LogP contribution in [-0.2, 0) is 11.3 Å². The van der Waals surface area contributed by atoms with Crippen molar-refractivity contribution in [3.05, 3.63) is 35.9 Å². The van der Waals surface area contributed by atoms with Gasteiger partial charge >= 0.3 is 0 Å². The fraction of sp³-hybridized carbons (Fsp3) is 0.462. The Morgan fingerprint density at radius 2 is 1.81 bits per heavy atom. The first kappa shape index (κ1) is 12.7. The predicted octanol–water partition coefficient (Wildman–Crippen LogP) is 2.24. The Kier molecular flexibility index (Phi) is 4.50. The number of rotatable bonds is 4. The Morgan fingerprint density at radius 1 is 1.19 bits per heavy atom. The predicted molar refractivity (Wildman–Crippen MR) is 65.5 cm³/mol. The fourth-order valence-electron chi connectivity index (χ4n) is 1.37. The van der Waals surface area contributed by atoms with Crippen molar-refractivity contribution in [2.24, 2.45) is 5.41 Å². The van der Waals surface area contributed by atoms with Gasteiger partial charge in [0.1, 0.15) is 0 Å². The number of nitrogens with one attached hydrogen (secondary N) is 2. The standard InChI is InChI=1S/C13H20N2O/c1-13(2,3)9-12(16)15-14-10-11-7-5-4-6-8-11/h4-8,14H,9-10H2,1-3H3,(H,15,16). The minimum absolute atomic E-state index is 0.0263. The SMILES string of the molecule is CC(C)(C)CC(=O)NNCc1ccccc1. The van der Waals surface area contributed by atoms with Gasteiger partial charge in [0.05, 0.1) is 0 Å². The molecule has 0 bridgehead atoms. The van der Waals surface area contributed by atoms with Crippen molar-refractivity contribution in [3.63, 3.8) is 0 Å². The summed E-state index contributed by atoms with van der Waals surface area (Å²) in [4.78, 5) is 11.5. The second-order valence-electron chi connectivity index (χ2n) is 5.12. The highest BCUT2D eigenvalue weighted by Crippen LogP contribution is 2.17. The molecule has 1 amide bonds. The maximum atomic E-state index is 11.5. The van der Waals surface area contributed by atoms with Crippen molar-refractivity contribution >= 4 is 5.91 Å². The summed E-state index contributed by atoms with van der Waals surface area (Å²) in [6.45, 7) is 6.79. The maximum absolute atomic E-state index is 11.5. The first-order valence-electron chi connectivity index (χ1n) is 5.53. The monoisotopic (exact) mass is 220 g/mol. The third-order valence-electron chi connectivity index (χ3n) is 2.05. The first-order valence-corrected chi connectivity index (χ1v) is 5.53. The van der Waals surface area contributed by atoms with Crippen LogP contribution >= 0.6 is 0 Å². The number of benzene rings is 1. The lowest BCUT2D eigenvalue weighted by atomic mass is 9.92. The summed E-state index contributed by atoms with van der Waals surface area (Å²) in [5.74, 6) is 0.0310. The number of hydrazine groups is 1. The molecule has 2 N–H and O–H groups in total. The Labute approximate surface area is 97.2 Å². The van der Waals surface area contributed by atoms with E-state index in [1.165, 1.54) is 0 Å². The fourth-order valence-corrected chi connectivity index (χ4v) is 1.37. The lowest BCUT2D eigenvalue weighted by Gasteiger charge is -2.17. The molecule has 1 rings (SSSR count). The maximum Gasteiger partial charge on any atom is 0.234 e. The van der Waals surface area contributed by atoms with Crippen molar-refractivity contribution in [1.82, 2.24) is 10.9 Å². The van der Waals surface area contributed by atoms with E-state index in [1.807, 2.05) is 51.1 Å². The Balaban J connectivity index is 2.24. The van der Waals surface area contributed by atoms with Crippen molar-refractivity contribution in [2.75, 3.05) is 0 Å². The van der Waals surface area contributed by atoms with Gasteiger partial charge in [-0.2, -0.15) is 0 Å². The molecule has 3 heteroatoms. The van der Waals surface area contributed by atoms with E-state index in [0.29, 0.717) is 13.0 Å². The molecule has 0 aliphatic rings. The van der Waals surface area contributed by atoms with Crippen molar-refractivity contribution in [3.8, 4) is 0 Å². The zero-order chi connectivity index (χ0) is 12.0. The van der Waals surface area contributed by atoms with E-state index in [9.17, 15) is 4.79 Å². The van der Waals surface area contributed by atoms with Crippen molar-refractivity contribution < 1.29 is 4.79 Å². The van der Waals surface area contributed by atoms with Crippen LogP contribution in [0.25, 0.3) is 0 Å². The highest BCUT2D eigenvalue weighted by molar-refractivity contribution is 5.75. The van der Waals surface area contributed by atoms with Gasteiger partial charge in [0.15, 0.2) is 0 Å². The number of hydrogen-bond donors (Lipinski definition) is 2. The van der Waals surface area contributed by atoms with E-state index in [1.54, 1.807) is 0 Å². The van der Waals surface area contributed by atoms with Crippen LogP contribution in [0.15, 0.2) is 30.3 Å². The average molecular weight is 220 g/mol. The first-order chi connectivity index (χ1) is 7.47. The van der Waals surface area contributed by atoms with Crippen LogP contribution in [0.3, 0.4) is 0 Å². The summed E-state index contributed by atoms with van der Waals surface area (Å²) >= 11 is 0. The van der Waals surface area contributed by atoms with Crippen molar-refractivity contribution in [2.45, 2.75) is 33.7 Å². The van der Waals surface area contributed by atoms with E-state index < -0.39 is 0 Å². The van der Waals surface area contributed by atoms with Gasteiger partial charge in [-0.1, -0.05) is 51.1 Å². The zero-order valence-corrected chi connectivity index (χ0v) is 10.2. The lowest BCUT2D eigenvalue weighted by molar-refractivity contribution is -0.123. The molecule has 0 aliphatic heterocycles. The molecule has 1 aromatic carbocycles. The molecule has 0 unspecified atom stereocenters. The van der Waals surface area contributed by atoms with E-state index in [4.69, 9.17) is 0 Å². The molecular weight excluding hydrogens is 200 g/mol. The summed E-state index contributed by atoms with van der Waals surface area (Å²) in [5.41, 5.74) is 6.80. The normalized spacial score (nSPS) is 11.2. The van der Waals surface area contributed by atoms with Crippen LogP contribution < -0.4 is 10.9 Å². The second-order valence-corrected chi connectivity index (χ2v) is 5.12. The minimum atomic E-state index is 0.0263. The summed E-state index contributed by atoms with van der Waals surface area (Å²) in [6.07, 6.45) is 0.523. The summed E-state index contributed by atoms with van der Waals surface area (Å²) in [7, 11) is 0. The van der Waals surface area contributed by atoms with Gasteiger partial charge in [-0.15, -0.1) is 0 Å². The molecule has 88 valence electrons. The number of hydrogen-bond acceptors (Lipinski definition) is 2. The van der Waals surface area contributed by atoms with E-state index in [2.05, 4.69) is 10.9 Å². The highest BCUT2D eigenvalue weighted by Gasteiger charge is 2.15. The van der Waals surface area contributed by atoms with Gasteiger partial charge in [0.2, 0.25) is 5.91 Å². The molecule has 16 heavy (non-hydrogen) atoms. The highest BCUT2D eigenvalue weighted by atomic mass is 16.2. The molecule has 0 aromatic heterocycles. The Hall–Kier alpha value is -1.35. The third-order valence-corrected chi connectivity index (χ3v) is 2.05. The van der Waals surface area contributed by atoms with Crippen LogP contribution in [0.1, 0.15) is 32.8 Å². The molecule has 0 aliphatic carbocycles. The van der Waals surface area contributed by atoms with Gasteiger partial charge < -0.3 is 0 Å².